The van der Waals surface area contributed by atoms with E-state index in [1.54, 1.807) is 11.8 Å². The molecule has 2 aromatic rings. The Morgan fingerprint density at radius 3 is 2.82 bits per heavy atom. The summed E-state index contributed by atoms with van der Waals surface area (Å²) in [6.45, 7) is 3.76. The third-order valence-corrected chi connectivity index (χ3v) is 3.64. The van der Waals surface area contributed by atoms with Gasteiger partial charge in [0.1, 0.15) is 5.56 Å². The average Bonchev–Trinajstić information content (AvgIpc) is 2.69. The molecule has 0 radical (unpaired) electrons. The van der Waals surface area contributed by atoms with Gasteiger partial charge in [-0.3, -0.25) is 9.59 Å². The lowest BCUT2D eigenvalue weighted by Gasteiger charge is -2.22. The Hall–Kier alpha value is -2.11. The van der Waals surface area contributed by atoms with E-state index in [9.17, 15) is 9.59 Å². The van der Waals surface area contributed by atoms with Crippen LogP contribution in [-0.4, -0.2) is 24.0 Å². The number of nitrogens with zero attached hydrogens (tertiary/aromatic N) is 1. The lowest BCUT2D eigenvalue weighted by molar-refractivity contribution is 0.0986. The smallest absolute Gasteiger partial charge is 0.263 e. The highest BCUT2D eigenvalue weighted by atomic mass is 35.5. The normalized spacial score (nSPS) is 13.8. The Morgan fingerprint density at radius 1 is 1.27 bits per heavy atom. The first kappa shape index (κ1) is 16.3. The fraction of sp³-hybridized carbons (Fsp3) is 0.250. The molecule has 1 amide bonds. The Labute approximate surface area is 134 Å². The number of carbonyl (C=O) groups is 1. The van der Waals surface area contributed by atoms with Gasteiger partial charge >= 0.3 is 0 Å². The molecule has 2 N–H and O–H groups in total. The van der Waals surface area contributed by atoms with E-state index in [1.807, 2.05) is 24.3 Å². The molecule has 0 spiro atoms. The van der Waals surface area contributed by atoms with E-state index < -0.39 is 0 Å². The molecular weight excluding hydrogens is 302 g/mol. The molecule has 1 aliphatic rings. The summed E-state index contributed by atoms with van der Waals surface area (Å²) in [5.41, 5.74) is 2.61. The van der Waals surface area contributed by atoms with Crippen LogP contribution in [0.25, 0.3) is 0 Å². The number of aryl methyl sites for hydroxylation is 1. The fourth-order valence-electron chi connectivity index (χ4n) is 2.55. The van der Waals surface area contributed by atoms with Crippen LogP contribution in [0.5, 0.6) is 0 Å². The van der Waals surface area contributed by atoms with Gasteiger partial charge in [-0.25, -0.2) is 0 Å². The molecule has 0 atom stereocenters. The number of H-pyrrole nitrogens is 1. The van der Waals surface area contributed by atoms with Crippen molar-refractivity contribution < 1.29 is 4.79 Å². The Bertz CT molecular complexity index is 742. The van der Waals surface area contributed by atoms with E-state index in [-0.39, 0.29) is 29.3 Å². The number of aromatic amines is 1. The SMILES string of the molecule is Cc1cc(=O)c(C(=O)N2CCNCc3ccccc32)c[nH]1.Cl. The molecule has 0 saturated heterocycles. The molecule has 3 rings (SSSR count). The Morgan fingerprint density at radius 2 is 2.05 bits per heavy atom. The number of fused-ring (bicyclic) bond motifs is 1. The lowest BCUT2D eigenvalue weighted by atomic mass is 10.1. The van der Waals surface area contributed by atoms with Gasteiger partial charge in [0.2, 0.25) is 0 Å². The molecular formula is C16H18ClN3O2. The van der Waals surface area contributed by atoms with Gasteiger partial charge in [0, 0.05) is 43.3 Å². The summed E-state index contributed by atoms with van der Waals surface area (Å²) < 4.78 is 0. The highest BCUT2D eigenvalue weighted by Crippen LogP contribution is 2.23. The van der Waals surface area contributed by atoms with Crippen molar-refractivity contribution in [2.45, 2.75) is 13.5 Å². The topological polar surface area (TPSA) is 65.2 Å². The highest BCUT2D eigenvalue weighted by Gasteiger charge is 2.23. The van der Waals surface area contributed by atoms with Crippen molar-refractivity contribution in [1.82, 2.24) is 10.3 Å². The van der Waals surface area contributed by atoms with Crippen LogP contribution in [0.1, 0.15) is 21.6 Å². The number of rotatable bonds is 1. The number of hydrogen-bond donors (Lipinski definition) is 2. The number of para-hydroxylation sites is 1. The second-order valence-electron chi connectivity index (χ2n) is 5.16. The second kappa shape index (κ2) is 6.77. The van der Waals surface area contributed by atoms with E-state index in [2.05, 4.69) is 10.3 Å². The summed E-state index contributed by atoms with van der Waals surface area (Å²) in [6.07, 6.45) is 1.50. The number of carbonyl (C=O) groups excluding carboxylic acids is 1. The van der Waals surface area contributed by atoms with Gasteiger partial charge in [0.05, 0.1) is 0 Å². The van der Waals surface area contributed by atoms with Crippen molar-refractivity contribution in [1.29, 1.82) is 0 Å². The predicted octanol–water partition coefficient (Wildman–Crippen LogP) is 1.86. The van der Waals surface area contributed by atoms with Crippen molar-refractivity contribution >= 4 is 24.0 Å². The van der Waals surface area contributed by atoms with E-state index in [4.69, 9.17) is 0 Å². The van der Waals surface area contributed by atoms with Gasteiger partial charge in [-0.15, -0.1) is 12.4 Å². The zero-order chi connectivity index (χ0) is 14.8. The first-order valence-corrected chi connectivity index (χ1v) is 6.96. The molecule has 1 aliphatic heterocycles. The van der Waals surface area contributed by atoms with Crippen molar-refractivity contribution in [3.05, 3.63) is 63.6 Å². The van der Waals surface area contributed by atoms with Crippen molar-refractivity contribution in [2.75, 3.05) is 18.0 Å². The maximum Gasteiger partial charge on any atom is 0.263 e. The zero-order valence-electron chi connectivity index (χ0n) is 12.3. The first-order valence-electron chi connectivity index (χ1n) is 6.96. The van der Waals surface area contributed by atoms with Crippen LogP contribution in [0.4, 0.5) is 5.69 Å². The standard InChI is InChI=1S/C16H17N3O2.ClH/c1-11-8-15(20)13(10-18-11)16(21)19-7-6-17-9-12-4-2-3-5-14(12)19;/h2-5,8,10,17H,6-7,9H2,1H3,(H,18,20);1H. The Balaban J connectivity index is 0.00000176. The molecule has 116 valence electrons. The van der Waals surface area contributed by atoms with Crippen LogP contribution in [0, 0.1) is 6.92 Å². The average molecular weight is 320 g/mol. The van der Waals surface area contributed by atoms with Gasteiger partial charge in [-0.1, -0.05) is 18.2 Å². The van der Waals surface area contributed by atoms with E-state index >= 15 is 0 Å². The monoisotopic (exact) mass is 319 g/mol. The molecule has 2 heterocycles. The minimum Gasteiger partial charge on any atom is -0.364 e. The highest BCUT2D eigenvalue weighted by molar-refractivity contribution is 6.06. The Kier molecular flexibility index (Phi) is 5.00. The summed E-state index contributed by atoms with van der Waals surface area (Å²) in [5.74, 6) is -0.257. The van der Waals surface area contributed by atoms with Crippen LogP contribution in [0.15, 0.2) is 41.3 Å². The number of anilines is 1. The van der Waals surface area contributed by atoms with E-state index in [0.717, 1.165) is 23.5 Å². The molecule has 0 unspecified atom stereocenters. The fourth-order valence-corrected chi connectivity index (χ4v) is 2.55. The van der Waals surface area contributed by atoms with Gasteiger partial charge in [0.25, 0.3) is 5.91 Å². The molecule has 1 aromatic carbocycles. The number of benzene rings is 1. The van der Waals surface area contributed by atoms with Crippen LogP contribution < -0.4 is 15.6 Å². The van der Waals surface area contributed by atoms with Crippen LogP contribution in [0.2, 0.25) is 0 Å². The first-order chi connectivity index (χ1) is 10.2. The molecule has 6 heteroatoms. The number of hydrogen-bond acceptors (Lipinski definition) is 3. The molecule has 5 nitrogen and oxygen atoms in total. The molecule has 22 heavy (non-hydrogen) atoms. The third kappa shape index (κ3) is 3.05. The largest absolute Gasteiger partial charge is 0.364 e. The minimum atomic E-state index is -0.257. The maximum absolute atomic E-state index is 12.7. The van der Waals surface area contributed by atoms with Crippen LogP contribution in [0.3, 0.4) is 0 Å². The van der Waals surface area contributed by atoms with Crippen molar-refractivity contribution in [2.24, 2.45) is 0 Å². The van der Waals surface area contributed by atoms with Gasteiger partial charge in [0.15, 0.2) is 5.43 Å². The summed E-state index contributed by atoms with van der Waals surface area (Å²) in [7, 11) is 0. The van der Waals surface area contributed by atoms with Gasteiger partial charge in [-0.05, 0) is 18.6 Å². The summed E-state index contributed by atoms with van der Waals surface area (Å²) >= 11 is 0. The number of aromatic nitrogens is 1. The molecule has 0 bridgehead atoms. The minimum absolute atomic E-state index is 0. The summed E-state index contributed by atoms with van der Waals surface area (Å²) in [6, 6.07) is 9.22. The number of amides is 1. The number of nitrogens with one attached hydrogen (secondary N) is 2. The number of pyridine rings is 1. The predicted molar refractivity (Wildman–Crippen MR) is 88.9 cm³/mol. The van der Waals surface area contributed by atoms with E-state index in [1.165, 1.54) is 12.3 Å². The molecule has 0 saturated carbocycles. The third-order valence-electron chi connectivity index (χ3n) is 3.64. The molecule has 0 aliphatic carbocycles. The summed E-state index contributed by atoms with van der Waals surface area (Å²) in [5, 5.41) is 3.28. The summed E-state index contributed by atoms with van der Waals surface area (Å²) in [4.78, 5) is 29.4. The zero-order valence-corrected chi connectivity index (χ0v) is 13.1. The van der Waals surface area contributed by atoms with Gasteiger partial charge in [-0.2, -0.15) is 0 Å². The van der Waals surface area contributed by atoms with E-state index in [0.29, 0.717) is 13.1 Å². The molecule has 1 aromatic heterocycles. The quantitative estimate of drug-likeness (QED) is 0.843. The number of halogens is 1. The molecule has 0 fully saturated rings. The van der Waals surface area contributed by atoms with Crippen molar-refractivity contribution in [3.8, 4) is 0 Å². The second-order valence-corrected chi connectivity index (χ2v) is 5.16. The van der Waals surface area contributed by atoms with Crippen molar-refractivity contribution in [3.63, 3.8) is 0 Å². The van der Waals surface area contributed by atoms with Crippen LogP contribution in [-0.2, 0) is 6.54 Å². The van der Waals surface area contributed by atoms with Crippen LogP contribution >= 0.6 is 12.4 Å². The maximum atomic E-state index is 12.7. The lowest BCUT2D eigenvalue weighted by Crippen LogP contribution is -2.37. The van der Waals surface area contributed by atoms with Gasteiger partial charge < -0.3 is 15.2 Å².